The minimum Gasteiger partial charge on any atom is -0.348 e. The zero-order valence-electron chi connectivity index (χ0n) is 9.85. The molecule has 2 aromatic heterocycles. The van der Waals surface area contributed by atoms with Gasteiger partial charge in [0, 0.05) is 25.1 Å². The third kappa shape index (κ3) is 3.05. The number of pyridine rings is 2. The standard InChI is InChI=1S/C13H12ClN3O/c1-9-6-15-5-4-10(9)7-17-13(18)11-2-3-12(14)16-8-11/h2-6,8H,7H2,1H3,(H,17,18). The van der Waals surface area contributed by atoms with Crippen molar-refractivity contribution in [3.63, 3.8) is 0 Å². The first-order valence-corrected chi connectivity index (χ1v) is 5.84. The first-order chi connectivity index (χ1) is 8.66. The van der Waals surface area contributed by atoms with Gasteiger partial charge in [0.25, 0.3) is 5.91 Å². The van der Waals surface area contributed by atoms with Crippen molar-refractivity contribution in [3.05, 3.63) is 58.6 Å². The molecule has 18 heavy (non-hydrogen) atoms. The smallest absolute Gasteiger partial charge is 0.253 e. The van der Waals surface area contributed by atoms with E-state index in [9.17, 15) is 4.79 Å². The van der Waals surface area contributed by atoms with Crippen LogP contribution < -0.4 is 5.32 Å². The maximum absolute atomic E-state index is 11.8. The molecule has 5 heteroatoms. The number of rotatable bonds is 3. The Morgan fingerprint density at radius 2 is 2.17 bits per heavy atom. The third-order valence-electron chi connectivity index (χ3n) is 2.57. The minimum atomic E-state index is -0.171. The van der Waals surface area contributed by atoms with E-state index in [1.165, 1.54) is 6.20 Å². The lowest BCUT2D eigenvalue weighted by Gasteiger charge is -2.07. The number of carbonyl (C=O) groups excluding carboxylic acids is 1. The Labute approximate surface area is 110 Å². The molecule has 0 aromatic carbocycles. The van der Waals surface area contributed by atoms with E-state index in [2.05, 4.69) is 15.3 Å². The Balaban J connectivity index is 2.01. The second kappa shape index (κ2) is 5.60. The summed E-state index contributed by atoms with van der Waals surface area (Å²) in [5.74, 6) is -0.171. The van der Waals surface area contributed by atoms with Crippen LogP contribution in [-0.4, -0.2) is 15.9 Å². The fourth-order valence-corrected chi connectivity index (χ4v) is 1.60. The van der Waals surface area contributed by atoms with Gasteiger partial charge in [0.1, 0.15) is 5.15 Å². The fourth-order valence-electron chi connectivity index (χ4n) is 1.49. The average molecular weight is 262 g/mol. The highest BCUT2D eigenvalue weighted by Crippen LogP contribution is 2.07. The number of hydrogen-bond acceptors (Lipinski definition) is 3. The van der Waals surface area contributed by atoms with Crippen LogP contribution >= 0.6 is 11.6 Å². The number of nitrogens with one attached hydrogen (secondary N) is 1. The highest BCUT2D eigenvalue weighted by atomic mass is 35.5. The van der Waals surface area contributed by atoms with Crippen LogP contribution in [0.25, 0.3) is 0 Å². The van der Waals surface area contributed by atoms with Crippen molar-refractivity contribution >= 4 is 17.5 Å². The summed E-state index contributed by atoms with van der Waals surface area (Å²) in [5, 5.41) is 3.20. The van der Waals surface area contributed by atoms with Crippen molar-refractivity contribution in [2.24, 2.45) is 0 Å². The number of amides is 1. The second-order valence-electron chi connectivity index (χ2n) is 3.85. The highest BCUT2D eigenvalue weighted by molar-refractivity contribution is 6.29. The molecule has 2 aromatic rings. The predicted octanol–water partition coefficient (Wildman–Crippen LogP) is 2.37. The number of halogens is 1. The largest absolute Gasteiger partial charge is 0.348 e. The maximum atomic E-state index is 11.8. The summed E-state index contributed by atoms with van der Waals surface area (Å²) < 4.78 is 0. The summed E-state index contributed by atoms with van der Waals surface area (Å²) in [5.41, 5.74) is 2.58. The van der Waals surface area contributed by atoms with Gasteiger partial charge in [-0.05, 0) is 36.2 Å². The predicted molar refractivity (Wildman–Crippen MR) is 69.4 cm³/mol. The molecule has 92 valence electrons. The van der Waals surface area contributed by atoms with Crippen molar-refractivity contribution in [2.75, 3.05) is 0 Å². The lowest BCUT2D eigenvalue weighted by molar-refractivity contribution is 0.0950. The molecule has 0 aliphatic carbocycles. The summed E-state index contributed by atoms with van der Waals surface area (Å²) >= 11 is 5.66. The van der Waals surface area contributed by atoms with Gasteiger partial charge in [-0.2, -0.15) is 0 Å². The van der Waals surface area contributed by atoms with Gasteiger partial charge in [0.15, 0.2) is 0 Å². The van der Waals surface area contributed by atoms with Crippen molar-refractivity contribution < 1.29 is 4.79 Å². The molecule has 0 spiro atoms. The van der Waals surface area contributed by atoms with Crippen LogP contribution in [0.15, 0.2) is 36.8 Å². The summed E-state index contributed by atoms with van der Waals surface area (Å²) in [4.78, 5) is 19.7. The van der Waals surface area contributed by atoms with Gasteiger partial charge in [-0.15, -0.1) is 0 Å². The van der Waals surface area contributed by atoms with Crippen LogP contribution in [0.1, 0.15) is 21.5 Å². The zero-order valence-corrected chi connectivity index (χ0v) is 10.6. The van der Waals surface area contributed by atoms with Crippen LogP contribution in [-0.2, 0) is 6.54 Å². The number of carbonyl (C=O) groups is 1. The number of hydrogen-bond donors (Lipinski definition) is 1. The topological polar surface area (TPSA) is 54.9 Å². The van der Waals surface area contributed by atoms with Crippen LogP contribution in [0.4, 0.5) is 0 Å². The quantitative estimate of drug-likeness (QED) is 0.863. The summed E-state index contributed by atoms with van der Waals surface area (Å²) in [6.45, 7) is 2.42. The van der Waals surface area contributed by atoms with Crippen LogP contribution in [0.5, 0.6) is 0 Å². The first kappa shape index (κ1) is 12.5. The molecule has 2 heterocycles. The number of nitrogens with zero attached hydrogens (tertiary/aromatic N) is 2. The molecule has 0 aliphatic heterocycles. The van der Waals surface area contributed by atoms with Gasteiger partial charge in [0.2, 0.25) is 0 Å². The van der Waals surface area contributed by atoms with Crippen molar-refractivity contribution in [3.8, 4) is 0 Å². The van der Waals surface area contributed by atoms with E-state index in [0.717, 1.165) is 11.1 Å². The minimum absolute atomic E-state index is 0.171. The Bertz CT molecular complexity index is 554. The van der Waals surface area contributed by atoms with E-state index in [4.69, 9.17) is 11.6 Å². The Hall–Kier alpha value is -1.94. The number of aryl methyl sites for hydroxylation is 1. The van der Waals surface area contributed by atoms with Crippen LogP contribution in [0, 0.1) is 6.92 Å². The molecule has 2 rings (SSSR count). The van der Waals surface area contributed by atoms with Gasteiger partial charge in [-0.3, -0.25) is 9.78 Å². The number of aromatic nitrogens is 2. The summed E-state index contributed by atoms with van der Waals surface area (Å²) in [7, 11) is 0. The molecule has 0 saturated heterocycles. The lowest BCUT2D eigenvalue weighted by atomic mass is 10.1. The molecule has 0 atom stereocenters. The van der Waals surface area contributed by atoms with E-state index in [0.29, 0.717) is 17.3 Å². The molecular weight excluding hydrogens is 250 g/mol. The first-order valence-electron chi connectivity index (χ1n) is 5.46. The van der Waals surface area contributed by atoms with E-state index in [1.807, 2.05) is 13.0 Å². The van der Waals surface area contributed by atoms with Crippen LogP contribution in [0.3, 0.4) is 0 Å². The third-order valence-corrected chi connectivity index (χ3v) is 2.79. The molecule has 1 amide bonds. The molecule has 0 fully saturated rings. The van der Waals surface area contributed by atoms with Crippen LogP contribution in [0.2, 0.25) is 5.15 Å². The summed E-state index contributed by atoms with van der Waals surface area (Å²) in [6, 6.07) is 5.12. The highest BCUT2D eigenvalue weighted by Gasteiger charge is 2.06. The molecular formula is C13H12ClN3O. The molecule has 0 radical (unpaired) electrons. The monoisotopic (exact) mass is 261 g/mol. The van der Waals surface area contributed by atoms with Gasteiger partial charge in [-0.1, -0.05) is 11.6 Å². The maximum Gasteiger partial charge on any atom is 0.253 e. The van der Waals surface area contributed by atoms with E-state index < -0.39 is 0 Å². The normalized spacial score (nSPS) is 10.1. The van der Waals surface area contributed by atoms with Gasteiger partial charge in [0.05, 0.1) is 5.56 Å². The lowest BCUT2D eigenvalue weighted by Crippen LogP contribution is -2.23. The van der Waals surface area contributed by atoms with E-state index in [-0.39, 0.29) is 5.91 Å². The van der Waals surface area contributed by atoms with Crippen molar-refractivity contribution in [1.29, 1.82) is 0 Å². The zero-order chi connectivity index (χ0) is 13.0. The van der Waals surface area contributed by atoms with E-state index in [1.54, 1.807) is 24.5 Å². The molecule has 0 bridgehead atoms. The Morgan fingerprint density at radius 3 is 2.83 bits per heavy atom. The fraction of sp³-hybridized carbons (Fsp3) is 0.154. The molecule has 4 nitrogen and oxygen atoms in total. The van der Waals surface area contributed by atoms with Gasteiger partial charge in [-0.25, -0.2) is 4.98 Å². The molecule has 0 aliphatic rings. The Morgan fingerprint density at radius 1 is 1.33 bits per heavy atom. The average Bonchev–Trinajstić information content (AvgIpc) is 2.38. The Kier molecular flexibility index (Phi) is 3.89. The summed E-state index contributed by atoms with van der Waals surface area (Å²) in [6.07, 6.45) is 4.93. The van der Waals surface area contributed by atoms with Crippen molar-refractivity contribution in [1.82, 2.24) is 15.3 Å². The molecule has 1 N–H and O–H groups in total. The van der Waals surface area contributed by atoms with Gasteiger partial charge < -0.3 is 5.32 Å². The van der Waals surface area contributed by atoms with Gasteiger partial charge >= 0.3 is 0 Å². The van der Waals surface area contributed by atoms with E-state index >= 15 is 0 Å². The molecule has 0 unspecified atom stereocenters. The SMILES string of the molecule is Cc1cnccc1CNC(=O)c1ccc(Cl)nc1. The van der Waals surface area contributed by atoms with Crippen molar-refractivity contribution in [2.45, 2.75) is 13.5 Å². The molecule has 0 saturated carbocycles. The second-order valence-corrected chi connectivity index (χ2v) is 4.24.